The predicted molar refractivity (Wildman–Crippen MR) is 226 cm³/mol. The Balaban J connectivity index is 4.68. The quantitative estimate of drug-likeness (QED) is 0.0383. The predicted octanol–water partition coefficient (Wildman–Crippen LogP) is 1.11. The zero-order valence-electron chi connectivity index (χ0n) is 36.5. The minimum absolute atomic E-state index is 0.0755. The Kier molecular flexibility index (Phi) is 31.4. The van der Waals surface area contributed by atoms with Gasteiger partial charge in [0.25, 0.3) is 0 Å². The fourth-order valence-corrected chi connectivity index (χ4v) is 6.35. The molecule has 0 aromatic rings. The van der Waals surface area contributed by atoms with Gasteiger partial charge in [-0.05, 0) is 64.8 Å². The lowest BCUT2D eigenvalue weighted by Crippen LogP contribution is -2.45. The maximum atomic E-state index is 12.6. The van der Waals surface area contributed by atoms with E-state index in [-0.39, 0.29) is 38.6 Å². The number of unbranched alkanes of at least 4 members (excludes halogenated alkanes) is 10. The summed E-state index contributed by atoms with van der Waals surface area (Å²) < 4.78 is 0. The summed E-state index contributed by atoms with van der Waals surface area (Å²) in [5.74, 6) is -11.5. The molecule has 0 radical (unpaired) electrons. The van der Waals surface area contributed by atoms with Crippen molar-refractivity contribution in [2.45, 2.75) is 178 Å². The number of aliphatic carboxylic acids is 6. The number of hydrogen-bond acceptors (Lipinski definition) is 12. The van der Waals surface area contributed by atoms with Crippen LogP contribution >= 0.6 is 0 Å². The third-order valence-corrected chi connectivity index (χ3v) is 10.1. The summed E-state index contributed by atoms with van der Waals surface area (Å²) >= 11 is 0. The number of carbonyl (C=O) groups is 11. The molecular weight excluding hydrogens is 848 g/mol. The zero-order chi connectivity index (χ0) is 48.5. The molecule has 0 bridgehead atoms. The summed E-state index contributed by atoms with van der Waals surface area (Å²) in [5.41, 5.74) is 0. The van der Waals surface area contributed by atoms with Crippen molar-refractivity contribution in [3.8, 4) is 0 Å². The lowest BCUT2D eigenvalue weighted by atomic mass is 10.0. The van der Waals surface area contributed by atoms with Gasteiger partial charge in [-0.1, -0.05) is 51.4 Å². The van der Waals surface area contributed by atoms with Gasteiger partial charge >= 0.3 is 35.8 Å². The first-order chi connectivity index (χ1) is 30.3. The summed E-state index contributed by atoms with van der Waals surface area (Å²) in [7, 11) is 1.51. The molecule has 23 heteroatoms. The van der Waals surface area contributed by atoms with Crippen molar-refractivity contribution in [3.05, 3.63) is 0 Å². The summed E-state index contributed by atoms with van der Waals surface area (Å²) in [5, 5.41) is 70.0. The maximum absolute atomic E-state index is 12.6. The van der Waals surface area contributed by atoms with Gasteiger partial charge in [-0.3, -0.25) is 33.6 Å². The van der Waals surface area contributed by atoms with Crippen molar-refractivity contribution in [2.24, 2.45) is 0 Å². The topological polar surface area (TPSA) is 381 Å². The average molecular weight is 917 g/mol. The van der Waals surface area contributed by atoms with Gasteiger partial charge in [-0.2, -0.15) is 0 Å². The van der Waals surface area contributed by atoms with E-state index >= 15 is 0 Å². The molecule has 0 aliphatic carbocycles. The monoisotopic (exact) mass is 916 g/mol. The normalized spacial score (nSPS) is 13.2. The fraction of sp³-hybridized carbons (Fsp3) is 0.732. The molecule has 0 aromatic carbocycles. The number of amides is 5. The lowest BCUT2D eigenvalue weighted by Gasteiger charge is -2.18. The van der Waals surface area contributed by atoms with Crippen molar-refractivity contribution >= 4 is 65.4 Å². The zero-order valence-corrected chi connectivity index (χ0v) is 36.5. The van der Waals surface area contributed by atoms with E-state index in [1.807, 2.05) is 0 Å². The number of hydrogen-bond donors (Lipinski definition) is 12. The van der Waals surface area contributed by atoms with Crippen molar-refractivity contribution in [1.82, 2.24) is 31.9 Å². The molecular formula is C41H68N6O17. The van der Waals surface area contributed by atoms with Crippen LogP contribution in [0.5, 0.6) is 0 Å². The van der Waals surface area contributed by atoms with Crippen LogP contribution in [0, 0.1) is 0 Å². The van der Waals surface area contributed by atoms with Crippen LogP contribution in [0.3, 0.4) is 0 Å². The van der Waals surface area contributed by atoms with E-state index in [0.717, 1.165) is 51.4 Å². The maximum Gasteiger partial charge on any atom is 0.326 e. The summed E-state index contributed by atoms with van der Waals surface area (Å²) in [4.78, 5) is 131. The van der Waals surface area contributed by atoms with Crippen LogP contribution in [-0.2, 0) is 52.7 Å². The van der Waals surface area contributed by atoms with Gasteiger partial charge in [0.2, 0.25) is 29.5 Å². The molecule has 0 heterocycles. The van der Waals surface area contributed by atoms with Crippen molar-refractivity contribution in [1.29, 1.82) is 0 Å². The molecule has 12 N–H and O–H groups in total. The standard InChI is InChI=1S/C41H68N6O17/c1-42-26(37(55)56)14-12-13-25-43-31(48)21-17-27(38(57)58)45-33(50)23-19-29(40(61)62)47-35(52)24-20-30(41(63)64)46-34(51)22-18-28(39(59)60)44-32(49)15-10-8-6-4-2-3-5-7-9-11-16-36(53)54/h26-30,42H,2-25H2,1H3,(H,43,48)(H,44,49)(H,45,50)(H,46,51)(H,47,52)(H,53,54)(H,55,56)(H,57,58)(H,59,60)(H,61,62)(H,63,64)/t26-,27-,28-,29-,30-/m0/s1. The van der Waals surface area contributed by atoms with E-state index in [2.05, 4.69) is 31.9 Å². The number of carboxylic acid groups (broad SMARTS) is 6. The second-order valence-electron chi connectivity index (χ2n) is 15.4. The highest BCUT2D eigenvalue weighted by Crippen LogP contribution is 2.13. The summed E-state index contributed by atoms with van der Waals surface area (Å²) in [6.45, 7) is 0.219. The minimum atomic E-state index is -1.64. The number of likely N-dealkylation sites (N-methyl/N-ethyl adjacent to an activating group) is 1. The van der Waals surface area contributed by atoms with Crippen LogP contribution in [0.15, 0.2) is 0 Å². The fourth-order valence-electron chi connectivity index (χ4n) is 6.35. The third kappa shape index (κ3) is 30.2. The number of carbonyl (C=O) groups excluding carboxylic acids is 5. The van der Waals surface area contributed by atoms with Crippen LogP contribution in [-0.4, -0.2) is 140 Å². The Morgan fingerprint density at radius 1 is 0.328 bits per heavy atom. The van der Waals surface area contributed by atoms with Crippen molar-refractivity contribution < 1.29 is 83.4 Å². The second-order valence-corrected chi connectivity index (χ2v) is 15.4. The van der Waals surface area contributed by atoms with E-state index < -0.39 is 128 Å². The van der Waals surface area contributed by atoms with Crippen LogP contribution in [0.4, 0.5) is 0 Å². The Morgan fingerprint density at radius 3 is 0.938 bits per heavy atom. The summed E-state index contributed by atoms with van der Waals surface area (Å²) in [6, 6.07) is -6.91. The van der Waals surface area contributed by atoms with Crippen LogP contribution < -0.4 is 31.9 Å². The van der Waals surface area contributed by atoms with Gasteiger partial charge in [0.15, 0.2) is 0 Å². The first-order valence-corrected chi connectivity index (χ1v) is 21.7. The molecule has 64 heavy (non-hydrogen) atoms. The third-order valence-electron chi connectivity index (χ3n) is 10.1. The molecule has 0 spiro atoms. The SMILES string of the molecule is CN[C@@H](CCCCNC(=O)CC[C@H](NC(=O)CC[C@H](NC(=O)CC[C@H](NC(=O)CC[C@H](NC(=O)CCCCCCCCCCCCC(=O)O)C(=O)O)C(=O)O)C(=O)O)C(=O)O)C(=O)O. The molecule has 0 fully saturated rings. The molecule has 0 saturated heterocycles. The molecule has 5 amide bonds. The van der Waals surface area contributed by atoms with Gasteiger partial charge in [0.1, 0.15) is 30.2 Å². The Hall–Kier alpha value is -5.87. The summed E-state index contributed by atoms with van der Waals surface area (Å²) in [6.07, 6.45) is 6.82. The molecule has 0 aliphatic rings. The average Bonchev–Trinajstić information content (AvgIpc) is 3.21. The van der Waals surface area contributed by atoms with Gasteiger partial charge in [0.05, 0.1) is 0 Å². The minimum Gasteiger partial charge on any atom is -0.481 e. The molecule has 0 aliphatic heterocycles. The highest BCUT2D eigenvalue weighted by atomic mass is 16.4. The van der Waals surface area contributed by atoms with E-state index in [4.69, 9.17) is 10.2 Å². The lowest BCUT2D eigenvalue weighted by molar-refractivity contribution is -0.144. The Morgan fingerprint density at radius 2 is 0.625 bits per heavy atom. The second kappa shape index (κ2) is 34.6. The first-order valence-electron chi connectivity index (χ1n) is 21.7. The molecule has 364 valence electrons. The molecule has 0 unspecified atom stereocenters. The number of nitrogens with one attached hydrogen (secondary N) is 6. The van der Waals surface area contributed by atoms with Gasteiger partial charge in [-0.15, -0.1) is 0 Å². The van der Waals surface area contributed by atoms with Crippen LogP contribution in [0.25, 0.3) is 0 Å². The first kappa shape index (κ1) is 58.1. The van der Waals surface area contributed by atoms with Crippen LogP contribution in [0.1, 0.15) is 148 Å². The van der Waals surface area contributed by atoms with Crippen molar-refractivity contribution in [3.63, 3.8) is 0 Å². The molecule has 0 saturated carbocycles. The Labute approximate surface area is 371 Å². The van der Waals surface area contributed by atoms with Gasteiger partial charge in [-0.25, -0.2) is 19.2 Å². The van der Waals surface area contributed by atoms with Crippen LogP contribution in [0.2, 0.25) is 0 Å². The number of rotatable bonds is 40. The Bertz CT molecular complexity index is 1540. The highest BCUT2D eigenvalue weighted by molar-refractivity contribution is 5.88. The molecule has 5 atom stereocenters. The van der Waals surface area contributed by atoms with E-state index in [1.165, 1.54) is 7.05 Å². The van der Waals surface area contributed by atoms with E-state index in [9.17, 15) is 73.2 Å². The highest BCUT2D eigenvalue weighted by Gasteiger charge is 2.27. The molecule has 0 rings (SSSR count). The molecule has 23 nitrogen and oxygen atoms in total. The van der Waals surface area contributed by atoms with E-state index in [0.29, 0.717) is 32.1 Å². The smallest absolute Gasteiger partial charge is 0.326 e. The van der Waals surface area contributed by atoms with Gasteiger partial charge in [0, 0.05) is 45.1 Å². The van der Waals surface area contributed by atoms with E-state index in [1.54, 1.807) is 0 Å². The van der Waals surface area contributed by atoms with Gasteiger partial charge < -0.3 is 62.5 Å². The molecule has 0 aromatic heterocycles. The van der Waals surface area contributed by atoms with Crippen molar-refractivity contribution in [2.75, 3.05) is 13.6 Å². The number of carboxylic acids is 6. The largest absolute Gasteiger partial charge is 0.481 e.